The molecule has 0 aliphatic carbocycles. The monoisotopic (exact) mass is 161 g/mol. The van der Waals surface area contributed by atoms with Gasteiger partial charge in [0.05, 0.1) is 0 Å². The van der Waals surface area contributed by atoms with Gasteiger partial charge in [0, 0.05) is 6.07 Å². The number of hydrogen-bond acceptors (Lipinski definition) is 3. The van der Waals surface area contributed by atoms with E-state index in [0.29, 0.717) is 0 Å². The first-order chi connectivity index (χ1) is 4.20. The summed E-state index contributed by atoms with van der Waals surface area (Å²) in [6.07, 6.45) is 0. The van der Waals surface area contributed by atoms with Gasteiger partial charge in [-0.2, -0.15) is 0 Å². The maximum absolute atomic E-state index is 8.80. The molecule has 0 aromatic carbocycles. The first-order valence-corrected chi connectivity index (χ1v) is 2.88. The Balaban J connectivity index is 3.17. The van der Waals surface area contributed by atoms with E-state index in [4.69, 9.17) is 16.7 Å². The molecule has 1 aromatic heterocycles. The molecule has 1 aromatic rings. The van der Waals surface area contributed by atoms with E-state index in [9.17, 15) is 0 Å². The van der Waals surface area contributed by atoms with Crippen molar-refractivity contribution in [1.82, 2.24) is 10.2 Å². The van der Waals surface area contributed by atoms with E-state index >= 15 is 0 Å². The van der Waals surface area contributed by atoms with Crippen LogP contribution in [0.3, 0.4) is 0 Å². The second-order valence-electron chi connectivity index (χ2n) is 1.36. The second-order valence-corrected chi connectivity index (χ2v) is 2.13. The normalized spacial score (nSPS) is 9.44. The fourth-order valence-electron chi connectivity index (χ4n) is 0.350. The van der Waals surface area contributed by atoms with Crippen LogP contribution in [0, 0.1) is 0 Å². The maximum Gasteiger partial charge on any atom is 0.193 e. The minimum Gasteiger partial charge on any atom is -0.505 e. The molecule has 0 fully saturated rings. The van der Waals surface area contributed by atoms with E-state index in [2.05, 4.69) is 22.8 Å². The Hall–Kier alpha value is -0.610. The zero-order chi connectivity index (χ0) is 6.85. The summed E-state index contributed by atoms with van der Waals surface area (Å²) in [6, 6.07) is 1.27. The fourth-order valence-corrected chi connectivity index (χ4v) is 0.595. The molecule has 0 aliphatic rings. The van der Waals surface area contributed by atoms with Gasteiger partial charge in [-0.05, 0) is 0 Å². The Morgan fingerprint density at radius 3 is 2.67 bits per heavy atom. The van der Waals surface area contributed by atoms with Crippen LogP contribution in [0.2, 0.25) is 5.15 Å². The molecule has 0 saturated heterocycles. The number of nitrogens with zero attached hydrogens (tertiary/aromatic N) is 2. The molecule has 0 unspecified atom stereocenters. The molecule has 0 aliphatic heterocycles. The van der Waals surface area contributed by atoms with E-state index in [1.807, 2.05) is 0 Å². The van der Waals surface area contributed by atoms with Gasteiger partial charge >= 0.3 is 0 Å². The molecule has 0 atom stereocenters. The standard InChI is InChI=1S/C4H2ClN2OS/c5-4-2(8)1-3(9)6-7-4/h1H,(H,6,8). The predicted octanol–water partition coefficient (Wildman–Crippen LogP) is 1.39. The Bertz CT molecular complexity index is 230. The lowest BCUT2D eigenvalue weighted by Crippen LogP contribution is -1.82. The van der Waals surface area contributed by atoms with Crippen molar-refractivity contribution in [2.45, 2.75) is 5.03 Å². The maximum atomic E-state index is 8.80. The smallest absolute Gasteiger partial charge is 0.193 e. The quantitative estimate of drug-likeness (QED) is 0.626. The molecule has 1 radical (unpaired) electrons. The predicted molar refractivity (Wildman–Crippen MR) is 34.6 cm³/mol. The number of rotatable bonds is 0. The van der Waals surface area contributed by atoms with Crippen molar-refractivity contribution in [2.24, 2.45) is 0 Å². The van der Waals surface area contributed by atoms with E-state index in [1.54, 1.807) is 0 Å². The van der Waals surface area contributed by atoms with Crippen molar-refractivity contribution < 1.29 is 5.11 Å². The summed E-state index contributed by atoms with van der Waals surface area (Å²) in [4.78, 5) is 0. The van der Waals surface area contributed by atoms with Gasteiger partial charge in [0.15, 0.2) is 15.9 Å². The molecule has 1 rings (SSSR count). The Morgan fingerprint density at radius 1 is 1.56 bits per heavy atom. The van der Waals surface area contributed by atoms with Crippen molar-refractivity contribution in [3.63, 3.8) is 0 Å². The summed E-state index contributed by atoms with van der Waals surface area (Å²) in [5.41, 5.74) is 0. The molecule has 9 heavy (non-hydrogen) atoms. The molecule has 47 valence electrons. The fraction of sp³-hybridized carbons (Fsp3) is 0. The average molecular weight is 162 g/mol. The van der Waals surface area contributed by atoms with Gasteiger partial charge in [-0.15, -0.1) is 10.2 Å². The van der Waals surface area contributed by atoms with Crippen molar-refractivity contribution in [1.29, 1.82) is 0 Å². The molecule has 5 heteroatoms. The topological polar surface area (TPSA) is 46.0 Å². The lowest BCUT2D eigenvalue weighted by molar-refractivity contribution is 0.468. The van der Waals surface area contributed by atoms with Crippen LogP contribution >= 0.6 is 24.2 Å². The highest BCUT2D eigenvalue weighted by atomic mass is 35.5. The number of aromatic nitrogens is 2. The van der Waals surface area contributed by atoms with Crippen LogP contribution in [-0.4, -0.2) is 15.3 Å². The molecule has 0 spiro atoms. The minimum absolute atomic E-state index is 0.0244. The number of hydrogen-bond donors (Lipinski definition) is 1. The van der Waals surface area contributed by atoms with E-state index in [-0.39, 0.29) is 15.9 Å². The van der Waals surface area contributed by atoms with Gasteiger partial charge in [-0.3, -0.25) is 0 Å². The van der Waals surface area contributed by atoms with Crippen molar-refractivity contribution in [2.75, 3.05) is 0 Å². The van der Waals surface area contributed by atoms with Gasteiger partial charge in [-0.1, -0.05) is 24.2 Å². The molecule has 0 amide bonds. The SMILES string of the molecule is Oc1cc([S])nnc1Cl. The molecule has 0 saturated carbocycles. The molecular formula is C4H2ClN2OS. The zero-order valence-corrected chi connectivity index (χ0v) is 5.78. The van der Waals surface area contributed by atoms with Crippen LogP contribution in [0.5, 0.6) is 5.75 Å². The highest BCUT2D eigenvalue weighted by Gasteiger charge is 1.99. The van der Waals surface area contributed by atoms with Gasteiger partial charge in [0.25, 0.3) is 0 Å². The highest BCUT2D eigenvalue weighted by Crippen LogP contribution is 2.19. The molecular weight excluding hydrogens is 160 g/mol. The van der Waals surface area contributed by atoms with Crippen molar-refractivity contribution in [3.05, 3.63) is 11.2 Å². The Labute approximate surface area is 62.1 Å². The van der Waals surface area contributed by atoms with Crippen LogP contribution in [-0.2, 0) is 0 Å². The third kappa shape index (κ3) is 1.40. The average Bonchev–Trinajstić information content (AvgIpc) is 1.80. The summed E-state index contributed by atoms with van der Waals surface area (Å²) >= 11 is 9.88. The third-order valence-corrected chi connectivity index (χ3v) is 1.18. The lowest BCUT2D eigenvalue weighted by atomic mass is 10.5. The molecule has 0 bridgehead atoms. The zero-order valence-electron chi connectivity index (χ0n) is 4.21. The van der Waals surface area contributed by atoms with Crippen LogP contribution in [0.15, 0.2) is 11.1 Å². The van der Waals surface area contributed by atoms with E-state index < -0.39 is 0 Å². The first kappa shape index (κ1) is 6.51. The molecule has 3 nitrogen and oxygen atoms in total. The summed E-state index contributed by atoms with van der Waals surface area (Å²) in [6.45, 7) is 0. The van der Waals surface area contributed by atoms with Crippen LogP contribution in [0.25, 0.3) is 0 Å². The lowest BCUT2D eigenvalue weighted by Gasteiger charge is -1.91. The number of aromatic hydroxyl groups is 1. The third-order valence-electron chi connectivity index (χ3n) is 0.708. The summed E-state index contributed by atoms with van der Waals surface area (Å²) in [5.74, 6) is -0.128. The Kier molecular flexibility index (Phi) is 1.68. The van der Waals surface area contributed by atoms with Crippen LogP contribution in [0.1, 0.15) is 0 Å². The summed E-state index contributed by atoms with van der Waals surface area (Å²) < 4.78 is 0. The molecule has 1 heterocycles. The second kappa shape index (κ2) is 2.33. The largest absolute Gasteiger partial charge is 0.505 e. The van der Waals surface area contributed by atoms with E-state index in [0.717, 1.165) is 0 Å². The summed E-state index contributed by atoms with van der Waals surface area (Å²) in [5, 5.41) is 15.8. The first-order valence-electron chi connectivity index (χ1n) is 2.09. The van der Waals surface area contributed by atoms with Crippen molar-refractivity contribution in [3.8, 4) is 5.75 Å². The minimum atomic E-state index is -0.128. The number of halogens is 1. The Morgan fingerprint density at radius 2 is 2.22 bits per heavy atom. The van der Waals surface area contributed by atoms with Gasteiger partial charge in [0.1, 0.15) is 0 Å². The van der Waals surface area contributed by atoms with E-state index in [1.165, 1.54) is 6.07 Å². The van der Waals surface area contributed by atoms with Crippen molar-refractivity contribution >= 4 is 24.2 Å². The molecule has 1 N–H and O–H groups in total. The summed E-state index contributed by atoms with van der Waals surface area (Å²) in [7, 11) is 0. The van der Waals surface area contributed by atoms with Gasteiger partial charge < -0.3 is 5.11 Å². The van der Waals surface area contributed by atoms with Gasteiger partial charge in [0.2, 0.25) is 0 Å². The van der Waals surface area contributed by atoms with Crippen LogP contribution < -0.4 is 0 Å². The highest BCUT2D eigenvalue weighted by molar-refractivity contribution is 7.80. The van der Waals surface area contributed by atoms with Gasteiger partial charge in [-0.25, -0.2) is 0 Å². The van der Waals surface area contributed by atoms with Crippen LogP contribution in [0.4, 0.5) is 0 Å².